The van der Waals surface area contributed by atoms with Crippen LogP contribution in [-0.2, 0) is 4.79 Å². The van der Waals surface area contributed by atoms with Gasteiger partial charge in [0.25, 0.3) is 11.8 Å². The van der Waals surface area contributed by atoms with E-state index in [1.807, 2.05) is 26.8 Å². The van der Waals surface area contributed by atoms with Crippen LogP contribution in [0.1, 0.15) is 31.1 Å². The van der Waals surface area contributed by atoms with E-state index in [-0.39, 0.29) is 18.4 Å². The second kappa shape index (κ2) is 10.3. The van der Waals surface area contributed by atoms with Gasteiger partial charge in [0.05, 0.1) is 32.1 Å². The summed E-state index contributed by atoms with van der Waals surface area (Å²) < 4.78 is 23.1. The third kappa shape index (κ3) is 4.74. The molecule has 0 aliphatic carbocycles. The van der Waals surface area contributed by atoms with Gasteiger partial charge in [-0.25, -0.2) is 0 Å². The predicted molar refractivity (Wildman–Crippen MR) is 121 cm³/mol. The van der Waals surface area contributed by atoms with Crippen LogP contribution < -0.4 is 23.8 Å². The van der Waals surface area contributed by atoms with Gasteiger partial charge in [0, 0.05) is 19.7 Å². The van der Waals surface area contributed by atoms with Crippen LogP contribution in [0, 0.1) is 0 Å². The van der Waals surface area contributed by atoms with Gasteiger partial charge in [-0.3, -0.25) is 9.59 Å². The molecule has 1 heterocycles. The summed E-state index contributed by atoms with van der Waals surface area (Å²) in [6.45, 7) is 6.93. The van der Waals surface area contributed by atoms with E-state index in [2.05, 4.69) is 0 Å². The van der Waals surface area contributed by atoms with E-state index in [1.165, 1.54) is 4.90 Å². The van der Waals surface area contributed by atoms with Gasteiger partial charge >= 0.3 is 0 Å². The van der Waals surface area contributed by atoms with Crippen molar-refractivity contribution in [2.24, 2.45) is 0 Å². The van der Waals surface area contributed by atoms with E-state index >= 15 is 0 Å². The molecule has 0 fully saturated rings. The summed E-state index contributed by atoms with van der Waals surface area (Å²) >= 11 is 0. The van der Waals surface area contributed by atoms with Gasteiger partial charge in [0.1, 0.15) is 5.75 Å². The number of para-hydroxylation sites is 2. The lowest BCUT2D eigenvalue weighted by molar-refractivity contribution is -0.135. The molecule has 0 aromatic heterocycles. The summed E-state index contributed by atoms with van der Waals surface area (Å²) in [5, 5.41) is 0. The zero-order valence-corrected chi connectivity index (χ0v) is 19.2. The van der Waals surface area contributed by atoms with Crippen molar-refractivity contribution >= 4 is 17.5 Å². The zero-order valence-electron chi connectivity index (χ0n) is 19.2. The monoisotopic (exact) mass is 442 g/mol. The lowest BCUT2D eigenvalue weighted by Crippen LogP contribution is -2.50. The normalized spacial score (nSPS) is 14.8. The lowest BCUT2D eigenvalue weighted by atomic mass is 10.1. The molecule has 8 nitrogen and oxygen atoms in total. The highest BCUT2D eigenvalue weighted by Crippen LogP contribution is 2.41. The molecule has 0 saturated heterocycles. The minimum atomic E-state index is -0.802. The topological polar surface area (TPSA) is 77.5 Å². The van der Waals surface area contributed by atoms with E-state index in [9.17, 15) is 9.59 Å². The number of amides is 2. The number of fused-ring (bicyclic) bond motifs is 1. The summed E-state index contributed by atoms with van der Waals surface area (Å²) in [6.07, 6.45) is -0.802. The third-order valence-corrected chi connectivity index (χ3v) is 4.89. The molecule has 1 aliphatic rings. The van der Waals surface area contributed by atoms with Gasteiger partial charge in [-0.1, -0.05) is 12.1 Å². The van der Waals surface area contributed by atoms with Crippen molar-refractivity contribution in [2.75, 3.05) is 45.4 Å². The van der Waals surface area contributed by atoms with Crippen LogP contribution in [0.5, 0.6) is 23.0 Å². The van der Waals surface area contributed by atoms with E-state index in [4.69, 9.17) is 18.9 Å². The second-order valence-corrected chi connectivity index (χ2v) is 7.32. The smallest absolute Gasteiger partial charge is 0.265 e. The van der Waals surface area contributed by atoms with Gasteiger partial charge in [-0.05, 0) is 45.0 Å². The molecule has 1 aliphatic heterocycles. The maximum atomic E-state index is 13.7. The summed E-state index contributed by atoms with van der Waals surface area (Å²) in [6, 6.07) is 10.5. The van der Waals surface area contributed by atoms with Crippen molar-refractivity contribution in [3.63, 3.8) is 0 Å². The first-order valence-electron chi connectivity index (χ1n) is 10.8. The fraction of sp³-hybridized carbons (Fsp3) is 0.417. The van der Waals surface area contributed by atoms with Crippen LogP contribution in [0.15, 0.2) is 36.4 Å². The van der Waals surface area contributed by atoms with E-state index < -0.39 is 6.10 Å². The standard InChI is InChI=1S/C24H30N2O6/c1-6-29-19-13-16(14-20(30-7-2)22(19)31-8-3)23(27)26-15-21(24(28)25(4)5)32-18-12-10-9-11-17(18)26/h9-14,21H,6-8,15H2,1-5H3/t21-/m1/s1. The van der Waals surface area contributed by atoms with E-state index in [1.54, 1.807) is 49.3 Å². The van der Waals surface area contributed by atoms with Crippen molar-refractivity contribution in [3.8, 4) is 23.0 Å². The van der Waals surface area contributed by atoms with Crippen molar-refractivity contribution < 1.29 is 28.5 Å². The number of hydrogen-bond acceptors (Lipinski definition) is 6. The molecule has 2 aromatic carbocycles. The highest BCUT2D eigenvalue weighted by molar-refractivity contribution is 6.08. The fourth-order valence-electron chi connectivity index (χ4n) is 3.51. The molecule has 0 N–H and O–H groups in total. The molecule has 0 radical (unpaired) electrons. The van der Waals surface area contributed by atoms with Crippen molar-refractivity contribution in [2.45, 2.75) is 26.9 Å². The molecule has 32 heavy (non-hydrogen) atoms. The van der Waals surface area contributed by atoms with Crippen LogP contribution in [0.2, 0.25) is 0 Å². The first-order valence-corrected chi connectivity index (χ1v) is 10.8. The molecule has 1 atom stereocenters. The summed E-state index contributed by atoms with van der Waals surface area (Å²) in [5.41, 5.74) is 0.971. The highest BCUT2D eigenvalue weighted by Gasteiger charge is 2.35. The number of likely N-dealkylation sites (N-methyl/N-ethyl adjacent to an activating group) is 1. The van der Waals surface area contributed by atoms with E-state index in [0.29, 0.717) is 54.1 Å². The summed E-state index contributed by atoms with van der Waals surface area (Å²) in [7, 11) is 3.32. The van der Waals surface area contributed by atoms with Crippen LogP contribution in [0.25, 0.3) is 0 Å². The molecule has 0 unspecified atom stereocenters. The molecule has 0 spiro atoms. The largest absolute Gasteiger partial charge is 0.490 e. The number of rotatable bonds is 8. The average Bonchev–Trinajstić information content (AvgIpc) is 2.79. The van der Waals surface area contributed by atoms with Gasteiger partial charge in [-0.15, -0.1) is 0 Å². The van der Waals surface area contributed by atoms with Crippen molar-refractivity contribution in [1.29, 1.82) is 0 Å². The predicted octanol–water partition coefficient (Wildman–Crippen LogP) is 3.38. The minimum absolute atomic E-state index is 0.0913. The van der Waals surface area contributed by atoms with Gasteiger partial charge in [0.15, 0.2) is 17.6 Å². The van der Waals surface area contributed by atoms with Crippen LogP contribution in [0.3, 0.4) is 0 Å². The van der Waals surface area contributed by atoms with Crippen molar-refractivity contribution in [3.05, 3.63) is 42.0 Å². The average molecular weight is 443 g/mol. The molecule has 172 valence electrons. The molecular formula is C24H30N2O6. The molecule has 2 aromatic rings. The first kappa shape index (κ1) is 23.2. The molecule has 0 saturated carbocycles. The van der Waals surface area contributed by atoms with Gasteiger partial charge in [-0.2, -0.15) is 0 Å². The first-order chi connectivity index (χ1) is 15.4. The van der Waals surface area contributed by atoms with Gasteiger partial charge in [0.2, 0.25) is 5.75 Å². The lowest BCUT2D eigenvalue weighted by Gasteiger charge is -2.35. The molecule has 0 bridgehead atoms. The third-order valence-electron chi connectivity index (χ3n) is 4.89. The Bertz CT molecular complexity index is 948. The Hall–Kier alpha value is -3.42. The summed E-state index contributed by atoms with van der Waals surface area (Å²) in [4.78, 5) is 29.3. The van der Waals surface area contributed by atoms with Crippen molar-refractivity contribution in [1.82, 2.24) is 4.90 Å². The Balaban J connectivity index is 2.05. The van der Waals surface area contributed by atoms with Crippen LogP contribution in [0.4, 0.5) is 5.69 Å². The zero-order chi connectivity index (χ0) is 23.3. The number of anilines is 1. The Morgan fingerprint density at radius 2 is 1.59 bits per heavy atom. The fourth-order valence-corrected chi connectivity index (χ4v) is 3.51. The SMILES string of the molecule is CCOc1cc(C(=O)N2C[C@H](C(=O)N(C)C)Oc3ccccc32)cc(OCC)c1OCC. The molecule has 3 rings (SSSR count). The van der Waals surface area contributed by atoms with Gasteiger partial charge < -0.3 is 28.7 Å². The maximum absolute atomic E-state index is 13.7. The summed E-state index contributed by atoms with van der Waals surface area (Å²) in [5.74, 6) is 1.32. The van der Waals surface area contributed by atoms with Crippen LogP contribution >= 0.6 is 0 Å². The number of carbonyl (C=O) groups is 2. The highest BCUT2D eigenvalue weighted by atomic mass is 16.5. The van der Waals surface area contributed by atoms with Crippen LogP contribution in [-0.4, -0.2) is 63.3 Å². The Morgan fingerprint density at radius 1 is 1.00 bits per heavy atom. The molecular weight excluding hydrogens is 412 g/mol. The number of nitrogens with zero attached hydrogens (tertiary/aromatic N) is 2. The molecule has 8 heteroatoms. The Labute approximate surface area is 188 Å². The minimum Gasteiger partial charge on any atom is -0.490 e. The maximum Gasteiger partial charge on any atom is 0.265 e. The quantitative estimate of drug-likeness (QED) is 0.624. The number of carbonyl (C=O) groups excluding carboxylic acids is 2. The van der Waals surface area contributed by atoms with E-state index in [0.717, 1.165) is 0 Å². The second-order valence-electron chi connectivity index (χ2n) is 7.32. The molecule has 2 amide bonds. The Morgan fingerprint density at radius 3 is 2.16 bits per heavy atom. The Kier molecular flexibility index (Phi) is 7.45. The number of ether oxygens (including phenoxy) is 4. The number of benzene rings is 2. The number of hydrogen-bond donors (Lipinski definition) is 0.